The van der Waals surface area contributed by atoms with Crippen LogP contribution in [0.25, 0.3) is 0 Å². The standard InChI is InChI=1S/C16H23FN2O.ClH/c1-19(11-12-5-4-7-14(17)9-12)16(20)10-13-6-2-3-8-15(13)18;/h4-5,7,9,13,15H,2-3,6,8,10-11,18H2,1H3;1H. The number of carbonyl (C=O) groups is 1. The molecule has 21 heavy (non-hydrogen) atoms. The number of nitrogens with two attached hydrogens (primary N) is 1. The van der Waals surface area contributed by atoms with E-state index in [0.29, 0.717) is 18.9 Å². The van der Waals surface area contributed by atoms with Gasteiger partial charge in [-0.3, -0.25) is 4.79 Å². The number of nitrogens with zero attached hydrogens (tertiary/aromatic N) is 1. The van der Waals surface area contributed by atoms with Crippen LogP contribution in [0.4, 0.5) is 4.39 Å². The third-order valence-electron chi connectivity index (χ3n) is 4.14. The minimum atomic E-state index is -0.266. The summed E-state index contributed by atoms with van der Waals surface area (Å²) in [4.78, 5) is 13.9. The van der Waals surface area contributed by atoms with Crippen LogP contribution in [-0.2, 0) is 11.3 Å². The van der Waals surface area contributed by atoms with Gasteiger partial charge in [0.05, 0.1) is 0 Å². The van der Waals surface area contributed by atoms with Gasteiger partial charge < -0.3 is 10.6 Å². The molecule has 1 aliphatic carbocycles. The monoisotopic (exact) mass is 314 g/mol. The van der Waals surface area contributed by atoms with Crippen molar-refractivity contribution in [1.82, 2.24) is 4.90 Å². The van der Waals surface area contributed by atoms with Crippen molar-refractivity contribution in [2.24, 2.45) is 11.7 Å². The Labute approximate surface area is 132 Å². The van der Waals surface area contributed by atoms with Gasteiger partial charge in [-0.05, 0) is 36.5 Å². The lowest BCUT2D eigenvalue weighted by atomic mass is 9.83. The summed E-state index contributed by atoms with van der Waals surface area (Å²) in [6.45, 7) is 0.443. The van der Waals surface area contributed by atoms with Gasteiger partial charge in [0.25, 0.3) is 0 Å². The maximum atomic E-state index is 13.1. The first-order valence-corrected chi connectivity index (χ1v) is 7.30. The Morgan fingerprint density at radius 3 is 2.76 bits per heavy atom. The van der Waals surface area contributed by atoms with Crippen LogP contribution in [0.15, 0.2) is 24.3 Å². The minimum absolute atomic E-state index is 0. The largest absolute Gasteiger partial charge is 0.341 e. The van der Waals surface area contributed by atoms with Crippen molar-refractivity contribution < 1.29 is 9.18 Å². The fraction of sp³-hybridized carbons (Fsp3) is 0.562. The SMILES string of the molecule is CN(Cc1cccc(F)c1)C(=O)CC1CCCCC1N.Cl. The third-order valence-corrected chi connectivity index (χ3v) is 4.14. The van der Waals surface area contributed by atoms with Crippen LogP contribution in [0, 0.1) is 11.7 Å². The van der Waals surface area contributed by atoms with Gasteiger partial charge in [0.15, 0.2) is 0 Å². The highest BCUT2D eigenvalue weighted by molar-refractivity contribution is 5.85. The second-order valence-corrected chi connectivity index (χ2v) is 5.79. The predicted octanol–water partition coefficient (Wildman–Crippen LogP) is 3.11. The Balaban J connectivity index is 0.00000220. The van der Waals surface area contributed by atoms with Crippen molar-refractivity contribution in [2.75, 3.05) is 7.05 Å². The molecule has 1 fully saturated rings. The maximum Gasteiger partial charge on any atom is 0.222 e. The number of hydrogen-bond acceptors (Lipinski definition) is 2. The third kappa shape index (κ3) is 5.29. The van der Waals surface area contributed by atoms with Crippen LogP contribution in [-0.4, -0.2) is 23.9 Å². The minimum Gasteiger partial charge on any atom is -0.341 e. The second-order valence-electron chi connectivity index (χ2n) is 5.79. The highest BCUT2D eigenvalue weighted by Crippen LogP contribution is 2.26. The molecule has 0 heterocycles. The summed E-state index contributed by atoms with van der Waals surface area (Å²) in [5.74, 6) is 0.125. The average molecular weight is 315 g/mol. The summed E-state index contributed by atoms with van der Waals surface area (Å²) >= 11 is 0. The van der Waals surface area contributed by atoms with E-state index in [1.807, 2.05) is 6.07 Å². The molecule has 2 N–H and O–H groups in total. The first-order valence-electron chi connectivity index (χ1n) is 7.30. The molecule has 3 nitrogen and oxygen atoms in total. The normalized spacial score (nSPS) is 21.5. The van der Waals surface area contributed by atoms with E-state index in [1.54, 1.807) is 18.0 Å². The van der Waals surface area contributed by atoms with Gasteiger partial charge in [-0.15, -0.1) is 12.4 Å². The van der Waals surface area contributed by atoms with Crippen molar-refractivity contribution in [3.8, 4) is 0 Å². The summed E-state index contributed by atoms with van der Waals surface area (Å²) in [6, 6.07) is 6.53. The zero-order chi connectivity index (χ0) is 14.5. The van der Waals surface area contributed by atoms with Crippen LogP contribution in [0.5, 0.6) is 0 Å². The molecule has 2 atom stereocenters. The molecule has 1 saturated carbocycles. The molecule has 5 heteroatoms. The van der Waals surface area contributed by atoms with Gasteiger partial charge in [0.2, 0.25) is 5.91 Å². The Hall–Kier alpha value is -1.13. The second kappa shape index (κ2) is 8.35. The zero-order valence-corrected chi connectivity index (χ0v) is 13.2. The number of hydrogen-bond donors (Lipinski definition) is 1. The number of benzene rings is 1. The average Bonchev–Trinajstić information content (AvgIpc) is 2.41. The summed E-state index contributed by atoms with van der Waals surface area (Å²) in [5.41, 5.74) is 6.89. The van der Waals surface area contributed by atoms with Crippen LogP contribution in [0.2, 0.25) is 0 Å². The van der Waals surface area contributed by atoms with E-state index in [1.165, 1.54) is 25.0 Å². The summed E-state index contributed by atoms with van der Waals surface area (Å²) in [5, 5.41) is 0. The van der Waals surface area contributed by atoms with E-state index in [0.717, 1.165) is 18.4 Å². The lowest BCUT2D eigenvalue weighted by Gasteiger charge is -2.29. The predicted molar refractivity (Wildman–Crippen MR) is 84.7 cm³/mol. The van der Waals surface area contributed by atoms with E-state index in [9.17, 15) is 9.18 Å². The molecule has 2 unspecified atom stereocenters. The Morgan fingerprint density at radius 1 is 1.38 bits per heavy atom. The number of carbonyl (C=O) groups excluding carboxylic acids is 1. The molecule has 0 spiro atoms. The summed E-state index contributed by atoms with van der Waals surface area (Å²) in [7, 11) is 1.77. The van der Waals surface area contributed by atoms with E-state index >= 15 is 0 Å². The van der Waals surface area contributed by atoms with Crippen LogP contribution < -0.4 is 5.73 Å². The number of amides is 1. The van der Waals surface area contributed by atoms with E-state index < -0.39 is 0 Å². The first kappa shape index (κ1) is 17.9. The Kier molecular flexibility index (Phi) is 7.12. The molecular weight excluding hydrogens is 291 g/mol. The van der Waals surface area contributed by atoms with Gasteiger partial charge >= 0.3 is 0 Å². The quantitative estimate of drug-likeness (QED) is 0.928. The highest BCUT2D eigenvalue weighted by Gasteiger charge is 2.25. The number of rotatable bonds is 4. The molecule has 0 bridgehead atoms. The van der Waals surface area contributed by atoms with Gasteiger partial charge in [-0.2, -0.15) is 0 Å². The summed E-state index contributed by atoms with van der Waals surface area (Å²) in [6.07, 6.45) is 4.91. The Morgan fingerprint density at radius 2 is 2.10 bits per heavy atom. The fourth-order valence-corrected chi connectivity index (χ4v) is 2.87. The van der Waals surface area contributed by atoms with Crippen LogP contribution >= 0.6 is 12.4 Å². The maximum absolute atomic E-state index is 13.1. The van der Waals surface area contributed by atoms with E-state index in [2.05, 4.69) is 0 Å². The van der Waals surface area contributed by atoms with E-state index in [4.69, 9.17) is 5.73 Å². The molecule has 0 aliphatic heterocycles. The molecule has 1 amide bonds. The molecule has 2 rings (SSSR count). The lowest BCUT2D eigenvalue weighted by Crippen LogP contribution is -2.37. The van der Waals surface area contributed by atoms with Crippen molar-refractivity contribution in [2.45, 2.75) is 44.7 Å². The first-order chi connectivity index (χ1) is 9.56. The van der Waals surface area contributed by atoms with Gasteiger partial charge in [-0.1, -0.05) is 25.0 Å². The van der Waals surface area contributed by atoms with Crippen LogP contribution in [0.3, 0.4) is 0 Å². The molecular formula is C16H24ClFN2O. The van der Waals surface area contributed by atoms with Crippen molar-refractivity contribution in [3.05, 3.63) is 35.6 Å². The van der Waals surface area contributed by atoms with Crippen molar-refractivity contribution >= 4 is 18.3 Å². The number of halogens is 2. The molecule has 0 radical (unpaired) electrons. The van der Waals surface area contributed by atoms with Gasteiger partial charge in [0.1, 0.15) is 5.82 Å². The lowest BCUT2D eigenvalue weighted by molar-refractivity contribution is -0.131. The molecule has 0 aromatic heterocycles. The van der Waals surface area contributed by atoms with E-state index in [-0.39, 0.29) is 30.2 Å². The van der Waals surface area contributed by atoms with Crippen molar-refractivity contribution in [1.29, 1.82) is 0 Å². The molecule has 1 aliphatic rings. The fourth-order valence-electron chi connectivity index (χ4n) is 2.87. The molecule has 1 aromatic carbocycles. The van der Waals surface area contributed by atoms with Crippen LogP contribution in [0.1, 0.15) is 37.7 Å². The molecule has 1 aromatic rings. The summed E-state index contributed by atoms with van der Waals surface area (Å²) < 4.78 is 13.1. The molecule has 118 valence electrons. The topological polar surface area (TPSA) is 46.3 Å². The highest BCUT2D eigenvalue weighted by atomic mass is 35.5. The van der Waals surface area contributed by atoms with Gasteiger partial charge in [-0.25, -0.2) is 4.39 Å². The van der Waals surface area contributed by atoms with Crippen molar-refractivity contribution in [3.63, 3.8) is 0 Å². The zero-order valence-electron chi connectivity index (χ0n) is 12.4. The van der Waals surface area contributed by atoms with Gasteiger partial charge in [0, 0.05) is 26.1 Å². The molecule has 0 saturated heterocycles. The Bertz CT molecular complexity index is 469. The smallest absolute Gasteiger partial charge is 0.222 e.